The van der Waals surface area contributed by atoms with E-state index in [1.807, 2.05) is 67.6 Å². The molecule has 0 spiro atoms. The second-order valence-electron chi connectivity index (χ2n) is 9.64. The van der Waals surface area contributed by atoms with E-state index < -0.39 is 16.1 Å². The highest BCUT2D eigenvalue weighted by molar-refractivity contribution is 7.92. The molecule has 0 aliphatic carbocycles. The molecule has 40 heavy (non-hydrogen) atoms. The van der Waals surface area contributed by atoms with Crippen LogP contribution in [0.25, 0.3) is 0 Å². The summed E-state index contributed by atoms with van der Waals surface area (Å²) in [5.74, 6) is 0.215. The van der Waals surface area contributed by atoms with Crippen LogP contribution in [-0.4, -0.2) is 57.6 Å². The first kappa shape index (κ1) is 30.7. The molecule has 1 N–H and O–H groups in total. The average molecular weight is 566 g/mol. The van der Waals surface area contributed by atoms with Crippen molar-refractivity contribution in [2.24, 2.45) is 0 Å². The number of ether oxygens (including phenoxy) is 1. The fraction of sp³-hybridized carbons (Fsp3) is 0.355. The predicted molar refractivity (Wildman–Crippen MR) is 159 cm³/mol. The number of nitrogens with zero attached hydrogens (tertiary/aromatic N) is 2. The first-order chi connectivity index (χ1) is 19.2. The van der Waals surface area contributed by atoms with Crippen molar-refractivity contribution in [3.8, 4) is 5.75 Å². The Labute approximate surface area is 238 Å². The van der Waals surface area contributed by atoms with Gasteiger partial charge in [0, 0.05) is 32.5 Å². The lowest BCUT2D eigenvalue weighted by molar-refractivity contribution is -0.141. The lowest BCUT2D eigenvalue weighted by Gasteiger charge is -2.32. The number of anilines is 1. The summed E-state index contributed by atoms with van der Waals surface area (Å²) in [5, 5.41) is 2.97. The lowest BCUT2D eigenvalue weighted by Crippen LogP contribution is -2.50. The van der Waals surface area contributed by atoms with Gasteiger partial charge in [-0.3, -0.25) is 13.9 Å². The Bertz CT molecular complexity index is 1330. The van der Waals surface area contributed by atoms with Gasteiger partial charge in [-0.1, -0.05) is 67.6 Å². The Morgan fingerprint density at radius 3 is 2.20 bits per heavy atom. The third kappa shape index (κ3) is 9.12. The van der Waals surface area contributed by atoms with Crippen LogP contribution in [0.2, 0.25) is 0 Å². The molecular weight excluding hydrogens is 526 g/mol. The molecule has 0 aliphatic heterocycles. The van der Waals surface area contributed by atoms with Crippen molar-refractivity contribution in [1.29, 1.82) is 0 Å². The van der Waals surface area contributed by atoms with Crippen LogP contribution in [0.4, 0.5) is 5.69 Å². The molecule has 3 aromatic carbocycles. The molecule has 3 rings (SSSR count). The molecule has 3 aromatic rings. The van der Waals surface area contributed by atoms with Crippen molar-refractivity contribution >= 4 is 27.5 Å². The van der Waals surface area contributed by atoms with Gasteiger partial charge in [-0.2, -0.15) is 0 Å². The molecule has 0 aromatic heterocycles. The molecule has 1 atom stereocenters. The first-order valence-electron chi connectivity index (χ1n) is 13.5. The van der Waals surface area contributed by atoms with E-state index in [1.165, 1.54) is 4.31 Å². The topological polar surface area (TPSA) is 96.0 Å². The molecular formula is C31H39N3O5S. The molecule has 0 radical (unpaired) electrons. The second kappa shape index (κ2) is 15.1. The molecule has 214 valence electrons. The summed E-state index contributed by atoms with van der Waals surface area (Å²) in [4.78, 5) is 28.9. The molecule has 8 nitrogen and oxygen atoms in total. The SMILES string of the molecule is CCCNC(=O)C(Cc1ccccc1)N(Cc1cccc(OC)c1)C(=O)CCCN(c1ccccc1)S(C)(=O)=O. The Balaban J connectivity index is 1.88. The number of sulfonamides is 1. The molecule has 0 aliphatic rings. The number of amides is 2. The zero-order valence-electron chi connectivity index (χ0n) is 23.5. The smallest absolute Gasteiger partial charge is 0.243 e. The van der Waals surface area contributed by atoms with Gasteiger partial charge in [0.1, 0.15) is 11.8 Å². The van der Waals surface area contributed by atoms with Gasteiger partial charge in [0.25, 0.3) is 0 Å². The maximum atomic E-state index is 13.8. The second-order valence-corrected chi connectivity index (χ2v) is 11.6. The van der Waals surface area contributed by atoms with Gasteiger partial charge in [-0.25, -0.2) is 8.42 Å². The maximum absolute atomic E-state index is 13.8. The van der Waals surface area contributed by atoms with Gasteiger partial charge >= 0.3 is 0 Å². The summed E-state index contributed by atoms with van der Waals surface area (Å²) < 4.78 is 31.7. The highest BCUT2D eigenvalue weighted by atomic mass is 32.2. The van der Waals surface area contributed by atoms with E-state index in [0.29, 0.717) is 30.8 Å². The van der Waals surface area contributed by atoms with Crippen LogP contribution in [-0.2, 0) is 32.6 Å². The van der Waals surface area contributed by atoms with E-state index in [9.17, 15) is 18.0 Å². The molecule has 9 heteroatoms. The number of nitrogens with one attached hydrogen (secondary N) is 1. The van der Waals surface area contributed by atoms with Crippen LogP contribution in [0.5, 0.6) is 5.75 Å². The van der Waals surface area contributed by atoms with Crippen LogP contribution >= 0.6 is 0 Å². The zero-order chi connectivity index (χ0) is 29.0. The van der Waals surface area contributed by atoms with E-state index in [2.05, 4.69) is 5.32 Å². The first-order valence-corrected chi connectivity index (χ1v) is 15.3. The van der Waals surface area contributed by atoms with Gasteiger partial charge in [0.2, 0.25) is 21.8 Å². The summed E-state index contributed by atoms with van der Waals surface area (Å²) in [6.45, 7) is 2.84. The summed E-state index contributed by atoms with van der Waals surface area (Å²) in [6, 6.07) is 25.1. The molecule has 0 saturated carbocycles. The third-order valence-corrected chi connectivity index (χ3v) is 7.70. The summed E-state index contributed by atoms with van der Waals surface area (Å²) in [6.07, 6.45) is 2.66. The van der Waals surface area contributed by atoms with Crippen LogP contribution in [0, 0.1) is 0 Å². The zero-order valence-corrected chi connectivity index (χ0v) is 24.3. The molecule has 2 amide bonds. The van der Waals surface area contributed by atoms with E-state index in [0.717, 1.165) is 23.8 Å². The molecule has 0 saturated heterocycles. The van der Waals surface area contributed by atoms with Gasteiger partial charge in [0.05, 0.1) is 19.1 Å². The standard InChI is InChI=1S/C31H39N3O5S/c1-4-20-32-31(36)29(23-25-13-7-5-8-14-25)33(24-26-15-11-18-28(22-26)39-2)30(35)19-12-21-34(40(3,37)38)27-16-9-6-10-17-27/h5-11,13-18,22,29H,4,12,19-21,23-24H2,1-3H3,(H,32,36). The largest absolute Gasteiger partial charge is 0.497 e. The van der Waals surface area contributed by atoms with Crippen molar-refractivity contribution in [3.63, 3.8) is 0 Å². The van der Waals surface area contributed by atoms with Crippen molar-refractivity contribution in [2.75, 3.05) is 30.8 Å². The lowest BCUT2D eigenvalue weighted by atomic mass is 10.0. The number of carbonyl (C=O) groups excluding carboxylic acids is 2. The van der Waals surface area contributed by atoms with E-state index in [4.69, 9.17) is 4.74 Å². The van der Waals surface area contributed by atoms with Crippen molar-refractivity contribution in [1.82, 2.24) is 10.2 Å². The van der Waals surface area contributed by atoms with Crippen molar-refractivity contribution in [3.05, 3.63) is 96.1 Å². The van der Waals surface area contributed by atoms with Crippen LogP contribution in [0.1, 0.15) is 37.3 Å². The fourth-order valence-corrected chi connectivity index (χ4v) is 5.45. The Hall–Kier alpha value is -3.85. The monoisotopic (exact) mass is 565 g/mol. The van der Waals surface area contributed by atoms with E-state index in [-0.39, 0.29) is 31.3 Å². The summed E-state index contributed by atoms with van der Waals surface area (Å²) in [5.41, 5.74) is 2.32. The normalized spacial score (nSPS) is 11.9. The van der Waals surface area contributed by atoms with E-state index >= 15 is 0 Å². The van der Waals surface area contributed by atoms with Crippen LogP contribution in [0.15, 0.2) is 84.9 Å². The van der Waals surface area contributed by atoms with Gasteiger partial charge < -0.3 is 15.0 Å². The number of benzene rings is 3. The Kier molecular flexibility index (Phi) is 11.6. The number of hydrogen-bond donors (Lipinski definition) is 1. The van der Waals surface area contributed by atoms with Gasteiger partial charge in [-0.15, -0.1) is 0 Å². The number of hydrogen-bond acceptors (Lipinski definition) is 5. The highest BCUT2D eigenvalue weighted by Gasteiger charge is 2.30. The highest BCUT2D eigenvalue weighted by Crippen LogP contribution is 2.21. The van der Waals surface area contributed by atoms with Crippen LogP contribution < -0.4 is 14.4 Å². The number of para-hydroxylation sites is 1. The molecule has 0 bridgehead atoms. The molecule has 0 heterocycles. The fourth-order valence-electron chi connectivity index (χ4n) is 4.49. The Morgan fingerprint density at radius 2 is 1.57 bits per heavy atom. The minimum Gasteiger partial charge on any atom is -0.497 e. The minimum absolute atomic E-state index is 0.0785. The maximum Gasteiger partial charge on any atom is 0.243 e. The van der Waals surface area contributed by atoms with E-state index in [1.54, 1.807) is 36.3 Å². The molecule has 1 unspecified atom stereocenters. The number of rotatable bonds is 15. The minimum atomic E-state index is -3.54. The Morgan fingerprint density at radius 1 is 0.925 bits per heavy atom. The average Bonchev–Trinajstić information content (AvgIpc) is 2.96. The third-order valence-electron chi connectivity index (χ3n) is 6.50. The number of carbonyl (C=O) groups is 2. The van der Waals surface area contributed by atoms with Gasteiger partial charge in [0.15, 0.2) is 0 Å². The summed E-state index contributed by atoms with van der Waals surface area (Å²) >= 11 is 0. The number of methoxy groups -OCH3 is 1. The van der Waals surface area contributed by atoms with Crippen molar-refractivity contribution in [2.45, 2.75) is 45.2 Å². The molecule has 0 fully saturated rings. The van der Waals surface area contributed by atoms with Crippen LogP contribution in [0.3, 0.4) is 0 Å². The predicted octanol–water partition coefficient (Wildman–Crippen LogP) is 4.41. The summed E-state index contributed by atoms with van der Waals surface area (Å²) in [7, 11) is -1.96. The quantitative estimate of drug-likeness (QED) is 0.295. The van der Waals surface area contributed by atoms with Crippen molar-refractivity contribution < 1.29 is 22.7 Å². The van der Waals surface area contributed by atoms with Gasteiger partial charge in [-0.05, 0) is 48.2 Å².